The van der Waals surface area contributed by atoms with Gasteiger partial charge in [0, 0.05) is 16.7 Å². The molecule has 2 aliphatic heterocycles. The van der Waals surface area contributed by atoms with Gasteiger partial charge in [0.05, 0.1) is 0 Å². The number of benzene rings is 1. The molecule has 1 nitrogen and oxygen atoms in total. The molecule has 1 fully saturated rings. The molecule has 2 heteroatoms. The highest BCUT2D eigenvalue weighted by atomic mass is 32.2. The van der Waals surface area contributed by atoms with E-state index in [1.807, 2.05) is 0 Å². The largest absolute Gasteiger partial charge is 0.302 e. The van der Waals surface area contributed by atoms with Crippen LogP contribution in [0, 0.1) is 0 Å². The SMILES string of the molecule is c1ccc2c(c1)CC(CN1CCCCCCC1)S2. The van der Waals surface area contributed by atoms with Crippen LogP contribution in [0.3, 0.4) is 0 Å². The van der Waals surface area contributed by atoms with Crippen LogP contribution >= 0.6 is 11.8 Å². The molecule has 2 heterocycles. The molecule has 0 aromatic heterocycles. The second kappa shape index (κ2) is 6.12. The van der Waals surface area contributed by atoms with Crippen LogP contribution in [0.15, 0.2) is 29.2 Å². The molecule has 0 bridgehead atoms. The van der Waals surface area contributed by atoms with Crippen molar-refractivity contribution in [2.24, 2.45) is 0 Å². The minimum atomic E-state index is 0.793. The van der Waals surface area contributed by atoms with Gasteiger partial charge in [0.15, 0.2) is 0 Å². The van der Waals surface area contributed by atoms with E-state index in [2.05, 4.69) is 40.9 Å². The Morgan fingerprint density at radius 3 is 2.50 bits per heavy atom. The van der Waals surface area contributed by atoms with E-state index in [4.69, 9.17) is 0 Å². The van der Waals surface area contributed by atoms with Crippen molar-refractivity contribution >= 4 is 11.8 Å². The van der Waals surface area contributed by atoms with Gasteiger partial charge in [-0.3, -0.25) is 0 Å². The summed E-state index contributed by atoms with van der Waals surface area (Å²) in [6, 6.07) is 8.94. The van der Waals surface area contributed by atoms with Crippen molar-refractivity contribution in [1.29, 1.82) is 0 Å². The molecule has 0 radical (unpaired) electrons. The van der Waals surface area contributed by atoms with Gasteiger partial charge in [0.1, 0.15) is 0 Å². The Bertz CT molecular complexity index is 357. The minimum absolute atomic E-state index is 0.793. The van der Waals surface area contributed by atoms with Gasteiger partial charge >= 0.3 is 0 Å². The van der Waals surface area contributed by atoms with Crippen LogP contribution in [0.4, 0.5) is 0 Å². The van der Waals surface area contributed by atoms with E-state index in [1.54, 1.807) is 5.56 Å². The summed E-state index contributed by atoms with van der Waals surface area (Å²) in [7, 11) is 0. The average Bonchev–Trinajstić information content (AvgIpc) is 2.74. The van der Waals surface area contributed by atoms with Crippen molar-refractivity contribution in [1.82, 2.24) is 4.90 Å². The van der Waals surface area contributed by atoms with E-state index < -0.39 is 0 Å². The van der Waals surface area contributed by atoms with Crippen LogP contribution in [0.2, 0.25) is 0 Å². The maximum absolute atomic E-state index is 2.71. The molecule has 0 amide bonds. The summed E-state index contributed by atoms with van der Waals surface area (Å²) in [4.78, 5) is 4.23. The summed E-state index contributed by atoms with van der Waals surface area (Å²) in [5.74, 6) is 0. The lowest BCUT2D eigenvalue weighted by molar-refractivity contribution is 0.248. The second-order valence-electron chi connectivity index (χ2n) is 5.62. The highest BCUT2D eigenvalue weighted by molar-refractivity contribution is 8.00. The summed E-state index contributed by atoms with van der Waals surface area (Å²) in [5.41, 5.74) is 1.57. The highest BCUT2D eigenvalue weighted by Crippen LogP contribution is 2.37. The van der Waals surface area contributed by atoms with Crippen LogP contribution in [-0.2, 0) is 6.42 Å². The van der Waals surface area contributed by atoms with Crippen molar-refractivity contribution in [3.05, 3.63) is 29.8 Å². The Morgan fingerprint density at radius 1 is 1.00 bits per heavy atom. The Labute approximate surface area is 115 Å². The monoisotopic (exact) mass is 261 g/mol. The van der Waals surface area contributed by atoms with Crippen LogP contribution in [0.1, 0.15) is 37.7 Å². The van der Waals surface area contributed by atoms with Gasteiger partial charge in [-0.05, 0) is 44.0 Å². The zero-order chi connectivity index (χ0) is 12.2. The van der Waals surface area contributed by atoms with E-state index in [1.165, 1.54) is 63.1 Å². The Kier molecular flexibility index (Phi) is 4.27. The smallest absolute Gasteiger partial charge is 0.0263 e. The number of hydrogen-bond acceptors (Lipinski definition) is 2. The predicted molar refractivity (Wildman–Crippen MR) is 79.3 cm³/mol. The van der Waals surface area contributed by atoms with Gasteiger partial charge in [-0.2, -0.15) is 0 Å². The van der Waals surface area contributed by atoms with Crippen molar-refractivity contribution in [2.75, 3.05) is 19.6 Å². The van der Waals surface area contributed by atoms with Crippen LogP contribution in [0.5, 0.6) is 0 Å². The van der Waals surface area contributed by atoms with Gasteiger partial charge < -0.3 is 4.90 Å². The number of likely N-dealkylation sites (tertiary alicyclic amines) is 1. The molecule has 98 valence electrons. The fourth-order valence-electron chi connectivity index (χ4n) is 3.14. The Balaban J connectivity index is 1.55. The molecule has 1 aromatic rings. The fraction of sp³-hybridized carbons (Fsp3) is 0.625. The normalized spacial score (nSPS) is 25.4. The molecule has 0 saturated carbocycles. The lowest BCUT2D eigenvalue weighted by atomic mass is 10.1. The summed E-state index contributed by atoms with van der Waals surface area (Å²) in [6.07, 6.45) is 8.42. The standard InChI is InChI=1S/C16H23NS/c1-2-6-10-17(11-7-3-1)13-15-12-14-8-4-5-9-16(14)18-15/h4-5,8-9,15H,1-3,6-7,10-13H2. The second-order valence-corrected chi connectivity index (χ2v) is 6.96. The van der Waals surface area contributed by atoms with Crippen LogP contribution in [-0.4, -0.2) is 29.8 Å². The third kappa shape index (κ3) is 3.10. The molecule has 2 aliphatic rings. The van der Waals surface area contributed by atoms with Gasteiger partial charge in [-0.1, -0.05) is 37.5 Å². The summed E-state index contributed by atoms with van der Waals surface area (Å²) in [5, 5.41) is 0.793. The molecular weight excluding hydrogens is 238 g/mol. The fourth-order valence-corrected chi connectivity index (χ4v) is 4.51. The number of rotatable bonds is 2. The molecule has 1 atom stereocenters. The van der Waals surface area contributed by atoms with Crippen molar-refractivity contribution < 1.29 is 0 Å². The lowest BCUT2D eigenvalue weighted by Crippen LogP contribution is -2.33. The maximum atomic E-state index is 2.71. The first-order valence-electron chi connectivity index (χ1n) is 7.39. The Hall–Kier alpha value is -0.470. The van der Waals surface area contributed by atoms with E-state index in [-0.39, 0.29) is 0 Å². The van der Waals surface area contributed by atoms with Gasteiger partial charge in [-0.25, -0.2) is 0 Å². The average molecular weight is 261 g/mol. The molecule has 1 saturated heterocycles. The van der Waals surface area contributed by atoms with Gasteiger partial charge in [-0.15, -0.1) is 11.8 Å². The van der Waals surface area contributed by atoms with E-state index in [0.717, 1.165) is 5.25 Å². The molecule has 1 aromatic carbocycles. The first-order chi connectivity index (χ1) is 8.92. The van der Waals surface area contributed by atoms with Crippen molar-refractivity contribution in [2.45, 2.75) is 48.7 Å². The molecule has 1 unspecified atom stereocenters. The minimum Gasteiger partial charge on any atom is -0.302 e. The van der Waals surface area contributed by atoms with Crippen LogP contribution < -0.4 is 0 Å². The number of hydrogen-bond donors (Lipinski definition) is 0. The number of fused-ring (bicyclic) bond motifs is 1. The predicted octanol–water partition coefficient (Wildman–Crippen LogP) is 3.97. The topological polar surface area (TPSA) is 3.24 Å². The first-order valence-corrected chi connectivity index (χ1v) is 8.27. The Morgan fingerprint density at radius 2 is 1.72 bits per heavy atom. The van der Waals surface area contributed by atoms with E-state index in [0.29, 0.717) is 0 Å². The van der Waals surface area contributed by atoms with Crippen molar-refractivity contribution in [3.63, 3.8) is 0 Å². The first kappa shape index (κ1) is 12.6. The summed E-state index contributed by atoms with van der Waals surface area (Å²) < 4.78 is 0. The third-order valence-corrected chi connectivity index (χ3v) is 5.43. The number of nitrogens with zero attached hydrogens (tertiary/aromatic N) is 1. The maximum Gasteiger partial charge on any atom is 0.0263 e. The van der Waals surface area contributed by atoms with E-state index in [9.17, 15) is 0 Å². The van der Waals surface area contributed by atoms with Crippen molar-refractivity contribution in [3.8, 4) is 0 Å². The lowest BCUT2D eigenvalue weighted by Gasteiger charge is -2.26. The molecule has 18 heavy (non-hydrogen) atoms. The number of thioether (sulfide) groups is 1. The molecular formula is C16H23NS. The summed E-state index contributed by atoms with van der Waals surface area (Å²) >= 11 is 2.10. The third-order valence-electron chi connectivity index (χ3n) is 4.12. The molecule has 0 N–H and O–H groups in total. The zero-order valence-electron chi connectivity index (χ0n) is 11.1. The van der Waals surface area contributed by atoms with Gasteiger partial charge in [0.25, 0.3) is 0 Å². The highest BCUT2D eigenvalue weighted by Gasteiger charge is 2.23. The van der Waals surface area contributed by atoms with Gasteiger partial charge in [0.2, 0.25) is 0 Å². The zero-order valence-corrected chi connectivity index (χ0v) is 11.9. The molecule has 0 spiro atoms. The quantitative estimate of drug-likeness (QED) is 0.792. The molecule has 3 rings (SSSR count). The molecule has 0 aliphatic carbocycles. The van der Waals surface area contributed by atoms with Crippen LogP contribution in [0.25, 0.3) is 0 Å². The summed E-state index contributed by atoms with van der Waals surface area (Å²) in [6.45, 7) is 3.94. The van der Waals surface area contributed by atoms with E-state index >= 15 is 0 Å².